The summed E-state index contributed by atoms with van der Waals surface area (Å²) in [6.45, 7) is 1.55. The third kappa shape index (κ3) is 8.11. The van der Waals surface area contributed by atoms with E-state index < -0.39 is 6.09 Å². The molecule has 10 nitrogen and oxygen atoms in total. The number of aromatic nitrogens is 4. The Bertz CT molecular complexity index is 1580. The first-order valence-corrected chi connectivity index (χ1v) is 14.6. The van der Waals surface area contributed by atoms with Crippen LogP contribution < -0.4 is 10.6 Å². The zero-order valence-corrected chi connectivity index (χ0v) is 24.6. The number of benzene rings is 2. The highest BCUT2D eigenvalue weighted by Crippen LogP contribution is 2.30. The lowest BCUT2D eigenvalue weighted by Crippen LogP contribution is -2.37. The number of alkyl carbamates (subject to hydrolysis) is 1. The van der Waals surface area contributed by atoms with Gasteiger partial charge in [0.05, 0.1) is 43.5 Å². The number of carbonyl (C=O) groups excluding carboxylic acids is 2. The van der Waals surface area contributed by atoms with Crippen molar-refractivity contribution < 1.29 is 14.3 Å². The van der Waals surface area contributed by atoms with Gasteiger partial charge >= 0.3 is 6.09 Å². The second-order valence-electron chi connectivity index (χ2n) is 10.6. The van der Waals surface area contributed by atoms with Crippen molar-refractivity contribution in [1.29, 1.82) is 0 Å². The summed E-state index contributed by atoms with van der Waals surface area (Å²) in [5, 5.41) is 5.12. The second-order valence-corrected chi connectivity index (χ2v) is 10.6. The molecule has 4 N–H and O–H groups in total. The van der Waals surface area contributed by atoms with Crippen LogP contribution in [0.2, 0.25) is 0 Å². The van der Waals surface area contributed by atoms with Crippen LogP contribution in [0.25, 0.3) is 22.5 Å². The average Bonchev–Trinajstić information content (AvgIpc) is 3.81. The van der Waals surface area contributed by atoms with E-state index in [2.05, 4.69) is 71.2 Å². The van der Waals surface area contributed by atoms with E-state index in [9.17, 15) is 9.59 Å². The molecule has 5 rings (SSSR count). The Hall–Kier alpha value is -4.88. The number of methoxy groups -OCH3 is 1. The predicted octanol–water partition coefficient (Wildman–Crippen LogP) is 4.43. The molecule has 1 aliphatic rings. The minimum Gasteiger partial charge on any atom is -0.453 e. The number of nitrogens with zero attached hydrogens (tertiary/aromatic N) is 3. The Morgan fingerprint density at radius 2 is 1.58 bits per heavy atom. The molecule has 0 saturated carbocycles. The lowest BCUT2D eigenvalue weighted by molar-refractivity contribution is -0.120. The standard InChI is InChI=1S/C33H37N7O3/c1-40-19-5-6-29(40)32-36-21-28(39-32)26-16-12-24(13-17-26)9-8-23-10-14-25(15-11-23)27-20-35-30(38-27)7-3-4-18-34-31(41)22-37-33(42)43-2/h10-17,20-21,29H,3-7,18-19,22H2,1-2H3,(H,34,41)(H,35,38)(H,36,39)(H,37,42). The Balaban J connectivity index is 1.08. The SMILES string of the molecule is COC(=O)NCC(=O)NCCCCc1ncc(-c2ccc(C#Cc3ccc(-c4cnc(C5CCCN5C)[nH]4)cc3)cc2)[nH]1. The molecule has 222 valence electrons. The highest BCUT2D eigenvalue weighted by atomic mass is 16.5. The van der Waals surface area contributed by atoms with E-state index in [1.807, 2.05) is 48.8 Å². The van der Waals surface area contributed by atoms with Crippen LogP contribution in [0.4, 0.5) is 4.79 Å². The Morgan fingerprint density at radius 3 is 2.21 bits per heavy atom. The summed E-state index contributed by atoms with van der Waals surface area (Å²) in [4.78, 5) is 41.1. The maximum atomic E-state index is 11.7. The number of unbranched alkanes of at least 4 members (excludes halogenated alkanes) is 1. The average molecular weight is 580 g/mol. The molecule has 2 amide bonds. The quantitative estimate of drug-likeness (QED) is 0.163. The normalized spacial score (nSPS) is 14.6. The zero-order valence-electron chi connectivity index (χ0n) is 24.6. The molecular formula is C33H37N7O3. The van der Waals surface area contributed by atoms with E-state index in [-0.39, 0.29) is 12.5 Å². The highest BCUT2D eigenvalue weighted by molar-refractivity contribution is 5.82. The molecule has 0 bridgehead atoms. The lowest BCUT2D eigenvalue weighted by atomic mass is 10.1. The molecule has 0 radical (unpaired) electrons. The molecule has 3 heterocycles. The molecule has 2 aromatic heterocycles. The fourth-order valence-electron chi connectivity index (χ4n) is 5.09. The van der Waals surface area contributed by atoms with Gasteiger partial charge in [-0.2, -0.15) is 0 Å². The van der Waals surface area contributed by atoms with E-state index in [0.717, 1.165) is 77.5 Å². The van der Waals surface area contributed by atoms with Gasteiger partial charge in [0, 0.05) is 24.1 Å². The molecule has 10 heteroatoms. The Labute approximate surface area is 251 Å². The van der Waals surface area contributed by atoms with Gasteiger partial charge in [-0.05, 0) is 74.7 Å². The van der Waals surface area contributed by atoms with Gasteiger partial charge in [0.15, 0.2) is 0 Å². The molecular weight excluding hydrogens is 542 g/mol. The van der Waals surface area contributed by atoms with E-state index in [4.69, 9.17) is 0 Å². The van der Waals surface area contributed by atoms with Crippen LogP contribution >= 0.6 is 0 Å². The highest BCUT2D eigenvalue weighted by Gasteiger charge is 2.25. The first kappa shape index (κ1) is 29.6. The summed E-state index contributed by atoms with van der Waals surface area (Å²) in [5.41, 5.74) is 6.03. The first-order chi connectivity index (χ1) is 21.0. The third-order valence-corrected chi connectivity index (χ3v) is 7.54. The minimum absolute atomic E-state index is 0.0995. The van der Waals surface area contributed by atoms with Gasteiger partial charge in [-0.15, -0.1) is 0 Å². The van der Waals surface area contributed by atoms with Crippen molar-refractivity contribution >= 4 is 12.0 Å². The van der Waals surface area contributed by atoms with Gasteiger partial charge in [-0.3, -0.25) is 9.69 Å². The molecule has 1 aliphatic heterocycles. The van der Waals surface area contributed by atoms with Crippen molar-refractivity contribution in [3.8, 4) is 34.4 Å². The number of aryl methyl sites for hydroxylation is 1. The molecule has 1 atom stereocenters. The van der Waals surface area contributed by atoms with Crippen molar-refractivity contribution in [2.24, 2.45) is 0 Å². The van der Waals surface area contributed by atoms with E-state index in [0.29, 0.717) is 12.6 Å². The summed E-state index contributed by atoms with van der Waals surface area (Å²) >= 11 is 0. The third-order valence-electron chi connectivity index (χ3n) is 7.54. The fourth-order valence-corrected chi connectivity index (χ4v) is 5.09. The summed E-state index contributed by atoms with van der Waals surface area (Å²) in [5.74, 6) is 8.21. The number of hydrogen-bond donors (Lipinski definition) is 4. The number of likely N-dealkylation sites (tertiary alicyclic amines) is 1. The first-order valence-electron chi connectivity index (χ1n) is 14.6. The number of rotatable bonds is 10. The van der Waals surface area contributed by atoms with Crippen molar-refractivity contribution in [3.63, 3.8) is 0 Å². The van der Waals surface area contributed by atoms with Gasteiger partial charge in [-0.25, -0.2) is 14.8 Å². The van der Waals surface area contributed by atoms with Crippen molar-refractivity contribution in [2.45, 2.75) is 38.1 Å². The monoisotopic (exact) mass is 579 g/mol. The largest absolute Gasteiger partial charge is 0.453 e. The molecule has 1 fully saturated rings. The van der Waals surface area contributed by atoms with E-state index in [1.54, 1.807) is 0 Å². The van der Waals surface area contributed by atoms with Crippen LogP contribution in [0.1, 0.15) is 54.5 Å². The van der Waals surface area contributed by atoms with Crippen LogP contribution in [0.3, 0.4) is 0 Å². The summed E-state index contributed by atoms with van der Waals surface area (Å²) in [6, 6.07) is 16.7. The van der Waals surface area contributed by atoms with Gasteiger partial charge in [-0.1, -0.05) is 36.1 Å². The molecule has 0 aliphatic carbocycles. The van der Waals surface area contributed by atoms with E-state index in [1.165, 1.54) is 13.5 Å². The van der Waals surface area contributed by atoms with Crippen molar-refractivity contribution in [3.05, 3.63) is 83.7 Å². The van der Waals surface area contributed by atoms with E-state index >= 15 is 0 Å². The van der Waals surface area contributed by atoms with Gasteiger partial charge in [0.1, 0.15) is 11.6 Å². The fraction of sp³-hybridized carbons (Fsp3) is 0.333. The summed E-state index contributed by atoms with van der Waals surface area (Å²) in [6.07, 6.45) is 7.94. The van der Waals surface area contributed by atoms with Crippen molar-refractivity contribution in [2.75, 3.05) is 33.8 Å². The molecule has 1 saturated heterocycles. The smallest absolute Gasteiger partial charge is 0.407 e. The maximum absolute atomic E-state index is 11.7. The molecule has 2 aromatic carbocycles. The number of nitrogens with one attached hydrogen (secondary N) is 4. The second kappa shape index (κ2) is 14.3. The lowest BCUT2D eigenvalue weighted by Gasteiger charge is -2.16. The summed E-state index contributed by atoms with van der Waals surface area (Å²) in [7, 11) is 3.41. The number of carbonyl (C=O) groups is 2. The number of hydrogen-bond acceptors (Lipinski definition) is 6. The van der Waals surface area contributed by atoms with Gasteiger partial charge in [0.2, 0.25) is 5.91 Å². The molecule has 4 aromatic rings. The molecule has 0 spiro atoms. The number of amides is 2. The number of aromatic amines is 2. The molecule has 1 unspecified atom stereocenters. The topological polar surface area (TPSA) is 128 Å². The predicted molar refractivity (Wildman–Crippen MR) is 165 cm³/mol. The van der Waals surface area contributed by atoms with Crippen LogP contribution in [-0.4, -0.2) is 70.6 Å². The molecule has 43 heavy (non-hydrogen) atoms. The van der Waals surface area contributed by atoms with Gasteiger partial charge in [0.25, 0.3) is 0 Å². The maximum Gasteiger partial charge on any atom is 0.407 e. The zero-order chi connectivity index (χ0) is 30.0. The summed E-state index contributed by atoms with van der Waals surface area (Å²) < 4.78 is 4.44. The Kier molecular flexibility index (Phi) is 9.87. The van der Waals surface area contributed by atoms with Crippen molar-refractivity contribution in [1.82, 2.24) is 35.5 Å². The van der Waals surface area contributed by atoms with Crippen LogP contribution in [0, 0.1) is 11.8 Å². The van der Waals surface area contributed by atoms with Crippen LogP contribution in [0.15, 0.2) is 60.9 Å². The number of imidazole rings is 2. The van der Waals surface area contributed by atoms with Crippen LogP contribution in [0.5, 0.6) is 0 Å². The van der Waals surface area contributed by atoms with Crippen LogP contribution in [-0.2, 0) is 16.0 Å². The minimum atomic E-state index is -0.625. The Morgan fingerprint density at radius 1 is 0.930 bits per heavy atom. The number of ether oxygens (including phenoxy) is 1. The number of H-pyrrole nitrogens is 2. The van der Waals surface area contributed by atoms with Gasteiger partial charge < -0.3 is 25.3 Å².